The minimum Gasteiger partial charge on any atom is -0.307 e. The van der Waals surface area contributed by atoms with Gasteiger partial charge in [-0.15, -0.1) is 0 Å². The van der Waals surface area contributed by atoms with E-state index in [4.69, 9.17) is 0 Å². The van der Waals surface area contributed by atoms with Gasteiger partial charge in [0, 0.05) is 60.9 Å². The molecular formula is C79H43B2F12N5S. The van der Waals surface area contributed by atoms with E-state index in [1.165, 1.54) is 62.1 Å². The van der Waals surface area contributed by atoms with Crippen molar-refractivity contribution < 1.29 is 52.7 Å². The van der Waals surface area contributed by atoms with Crippen LogP contribution in [0.2, 0.25) is 0 Å². The van der Waals surface area contributed by atoms with Crippen LogP contribution in [-0.4, -0.2) is 13.4 Å². The fourth-order valence-corrected chi connectivity index (χ4v) is 16.0. The fraction of sp³-hybridized carbons (Fsp3) is 0.0127. The number of hydrogen-bond donors (Lipinski definition) is 0. The first-order chi connectivity index (χ1) is 48.0. The molecule has 0 aromatic heterocycles. The summed E-state index contributed by atoms with van der Waals surface area (Å²) in [5, 5.41) is 0. The maximum Gasteiger partial charge on any atom is 0.418 e. The molecule has 0 spiro atoms. The average molecular weight is 1340 g/mol. The van der Waals surface area contributed by atoms with Gasteiger partial charge < -0.3 is 24.5 Å². The van der Waals surface area contributed by atoms with Crippen molar-refractivity contribution in [3.63, 3.8) is 0 Å². The van der Waals surface area contributed by atoms with Gasteiger partial charge in [-0.25, -0.2) is 39.5 Å². The number of para-hydroxylation sites is 9. The first-order valence-corrected chi connectivity index (χ1v) is 32.1. The lowest BCUT2D eigenvalue weighted by Gasteiger charge is -2.46. The molecule has 17 rings (SSSR count). The van der Waals surface area contributed by atoms with Crippen LogP contribution in [0.4, 0.5) is 138 Å². The summed E-state index contributed by atoms with van der Waals surface area (Å²) in [6.45, 7) is -2.37. The maximum atomic E-state index is 20.6. The van der Waals surface area contributed by atoms with Crippen LogP contribution in [0.5, 0.6) is 0 Å². The molecule has 4 heterocycles. The minimum atomic E-state index is -5.22. The molecule has 20 heteroatoms. The Morgan fingerprint density at radius 2 is 0.717 bits per heavy atom. The number of benzene rings is 13. The predicted octanol–water partition coefficient (Wildman–Crippen LogP) is 19.4. The van der Waals surface area contributed by atoms with E-state index in [9.17, 15) is 0 Å². The first-order valence-electron chi connectivity index (χ1n) is 31.3. The summed E-state index contributed by atoms with van der Waals surface area (Å²) in [4.78, 5) is 6.35. The van der Waals surface area contributed by atoms with Crippen molar-refractivity contribution in [2.24, 2.45) is 0 Å². The number of alkyl halides is 3. The van der Waals surface area contributed by atoms with Crippen LogP contribution in [0.1, 0.15) is 5.56 Å². The van der Waals surface area contributed by atoms with Crippen LogP contribution in [0.25, 0.3) is 11.1 Å². The normalized spacial score (nSPS) is 13.1. The molecule has 0 amide bonds. The number of hydrogen-bond acceptors (Lipinski definition) is 6. The standard InChI is InChI=1S/C79H43B2F12N5S/c82-55-29-15-30-56(83)74(55)94(45-21-6-2-7-22-45)47-39-65-69-66(40-47)98(72-49(44-19-4-1-5-20-44)25-14-26-50(72)79(91,92)93)73-53(80(69)51-27-10-12-37-63(51)96(65)76-59(86)33-17-34-60(76)87)43-54-78(71(73)90)99-68-42-48(95(46-23-8-3-9-24-46)75-57(84)31-16-32-58(75)85)41-67-70(68)81(54)52-28-11-13-38-64(52)97(67)77-61(88)35-18-36-62(77)89/h1-43H. The van der Waals surface area contributed by atoms with Gasteiger partial charge >= 0.3 is 6.18 Å². The van der Waals surface area contributed by atoms with E-state index in [1.807, 2.05) is 0 Å². The Morgan fingerprint density at radius 3 is 1.20 bits per heavy atom. The molecule has 0 atom stereocenters. The molecule has 0 N–H and O–H groups in total. The number of halogens is 12. The van der Waals surface area contributed by atoms with Crippen molar-refractivity contribution in [3.05, 3.63) is 319 Å². The smallest absolute Gasteiger partial charge is 0.307 e. The van der Waals surface area contributed by atoms with Crippen molar-refractivity contribution in [1.82, 2.24) is 0 Å². The highest BCUT2D eigenvalue weighted by molar-refractivity contribution is 8.00. The second kappa shape index (κ2) is 23.4. The van der Waals surface area contributed by atoms with Gasteiger partial charge in [-0.3, -0.25) is 0 Å². The van der Waals surface area contributed by atoms with Gasteiger partial charge in [0.15, 0.2) is 5.82 Å². The minimum absolute atomic E-state index is 0.0410. The Bertz CT molecular complexity index is 5420. The first kappa shape index (κ1) is 61.1. The molecule has 13 aromatic rings. The van der Waals surface area contributed by atoms with Crippen molar-refractivity contribution in [1.29, 1.82) is 0 Å². The topological polar surface area (TPSA) is 16.2 Å². The zero-order chi connectivity index (χ0) is 67.9. The summed E-state index contributed by atoms with van der Waals surface area (Å²) in [5.74, 6) is -9.29. The van der Waals surface area contributed by atoms with Crippen LogP contribution >= 0.6 is 11.8 Å². The zero-order valence-corrected chi connectivity index (χ0v) is 52.0. The van der Waals surface area contributed by atoms with Crippen molar-refractivity contribution in [3.8, 4) is 11.1 Å². The summed E-state index contributed by atoms with van der Waals surface area (Å²) < 4.78 is 207. The molecule has 0 radical (unpaired) electrons. The third-order valence-electron chi connectivity index (χ3n) is 18.7. The average Bonchev–Trinajstić information content (AvgIpc) is 0.681. The highest BCUT2D eigenvalue weighted by Crippen LogP contribution is 2.56. The quantitative estimate of drug-likeness (QED) is 0.0995. The lowest BCUT2D eigenvalue weighted by molar-refractivity contribution is -0.137. The summed E-state index contributed by atoms with van der Waals surface area (Å²) in [6, 6.07) is 61.8. The number of nitrogens with zero attached hydrogens (tertiary/aromatic N) is 5. The van der Waals surface area contributed by atoms with Crippen LogP contribution in [0.3, 0.4) is 0 Å². The molecule has 0 aliphatic carbocycles. The third-order valence-corrected chi connectivity index (χ3v) is 19.8. The Kier molecular flexibility index (Phi) is 14.4. The second-order valence-corrected chi connectivity index (χ2v) is 25.2. The molecular weight excluding hydrogens is 1300 g/mol. The van der Waals surface area contributed by atoms with Crippen LogP contribution < -0.4 is 57.3 Å². The van der Waals surface area contributed by atoms with E-state index in [0.717, 1.165) is 77.3 Å². The highest BCUT2D eigenvalue weighted by atomic mass is 32.2. The van der Waals surface area contributed by atoms with Gasteiger partial charge in [-0.1, -0.05) is 163 Å². The van der Waals surface area contributed by atoms with Gasteiger partial charge in [0.2, 0.25) is 6.71 Å². The van der Waals surface area contributed by atoms with E-state index < -0.39 is 112 Å². The molecule has 0 fully saturated rings. The molecule has 480 valence electrons. The largest absolute Gasteiger partial charge is 0.418 e. The third kappa shape index (κ3) is 9.54. The molecule has 0 saturated carbocycles. The Morgan fingerprint density at radius 1 is 0.313 bits per heavy atom. The molecule has 0 saturated heterocycles. The predicted molar refractivity (Wildman–Crippen MR) is 370 cm³/mol. The van der Waals surface area contributed by atoms with Gasteiger partial charge in [-0.05, 0) is 148 Å². The summed E-state index contributed by atoms with van der Waals surface area (Å²) >= 11 is 0.832. The maximum absolute atomic E-state index is 20.6. The lowest BCUT2D eigenvalue weighted by Crippen LogP contribution is -2.65. The molecule has 0 bridgehead atoms. The summed E-state index contributed by atoms with van der Waals surface area (Å²) in [7, 11) is 0. The van der Waals surface area contributed by atoms with E-state index in [-0.39, 0.29) is 88.5 Å². The van der Waals surface area contributed by atoms with Crippen LogP contribution in [0, 0.1) is 52.4 Å². The van der Waals surface area contributed by atoms with Crippen LogP contribution in [-0.2, 0) is 6.18 Å². The number of rotatable bonds is 10. The number of anilines is 15. The van der Waals surface area contributed by atoms with Gasteiger partial charge in [-0.2, -0.15) is 13.2 Å². The van der Waals surface area contributed by atoms with Crippen LogP contribution in [0.15, 0.2) is 271 Å². The second-order valence-electron chi connectivity index (χ2n) is 24.1. The van der Waals surface area contributed by atoms with Gasteiger partial charge in [0.25, 0.3) is 6.71 Å². The molecule has 0 unspecified atom stereocenters. The van der Waals surface area contributed by atoms with Gasteiger partial charge in [0.1, 0.15) is 69.3 Å². The van der Waals surface area contributed by atoms with E-state index in [0.29, 0.717) is 16.4 Å². The molecule has 4 aliphatic rings. The Labute approximate surface area is 563 Å². The molecule has 13 aromatic carbocycles. The van der Waals surface area contributed by atoms with E-state index in [1.54, 1.807) is 158 Å². The summed E-state index contributed by atoms with van der Waals surface area (Å²) in [6.07, 6.45) is -5.22. The molecule has 5 nitrogen and oxygen atoms in total. The summed E-state index contributed by atoms with van der Waals surface area (Å²) in [5.41, 5.74) is -2.58. The van der Waals surface area contributed by atoms with E-state index in [2.05, 4.69) is 0 Å². The Hall–Kier alpha value is -11.5. The SMILES string of the molecule is Fc1cccc(F)c1N(c1ccccc1)c1cc2c3c(c1)N(c1c(F)cccc1F)c1ccccc1B3c1cc3c(c(F)c1S2)N(c1c(-c2ccccc2)cccc1C(F)(F)F)c1cc(N(c2ccccc2)c2c(F)cccc2F)cc2c1B3c1ccccc1N2c1c(F)cccc1F. The molecule has 99 heavy (non-hydrogen) atoms. The van der Waals surface area contributed by atoms with Crippen molar-refractivity contribution in [2.45, 2.75) is 16.0 Å². The number of fused-ring (bicyclic) bond motifs is 8. The lowest BCUT2D eigenvalue weighted by atomic mass is 9.31. The van der Waals surface area contributed by atoms with Gasteiger partial charge in [0.05, 0.1) is 22.6 Å². The van der Waals surface area contributed by atoms with Crippen molar-refractivity contribution in [2.75, 3.05) is 24.5 Å². The Balaban J connectivity index is 1.03. The zero-order valence-electron chi connectivity index (χ0n) is 51.2. The fourth-order valence-electron chi connectivity index (χ4n) is 14.8. The monoisotopic (exact) mass is 1340 g/mol. The highest BCUT2D eigenvalue weighted by Gasteiger charge is 2.52. The van der Waals surface area contributed by atoms with E-state index >= 15 is 52.7 Å². The van der Waals surface area contributed by atoms with Crippen molar-refractivity contribution >= 4 is 143 Å². The molecule has 4 aliphatic heterocycles.